The molecule has 0 amide bonds. The molecule has 1 saturated heterocycles. The van der Waals surface area contributed by atoms with Crippen molar-refractivity contribution in [1.82, 2.24) is 30.4 Å². The maximum atomic E-state index is 4.35. The second-order valence-corrected chi connectivity index (χ2v) is 8.08. The highest BCUT2D eigenvalue weighted by Gasteiger charge is 2.18. The number of piperazine rings is 1. The molecule has 2 N–H and O–H groups in total. The van der Waals surface area contributed by atoms with Crippen molar-refractivity contribution in [3.8, 4) is 0 Å². The molecule has 1 aliphatic rings. The van der Waals surface area contributed by atoms with E-state index in [2.05, 4.69) is 68.0 Å². The van der Waals surface area contributed by atoms with Crippen LogP contribution in [0.5, 0.6) is 0 Å². The first-order chi connectivity index (χ1) is 14.0. The van der Waals surface area contributed by atoms with E-state index in [9.17, 15) is 0 Å². The van der Waals surface area contributed by atoms with Crippen LogP contribution in [0.4, 0.5) is 5.95 Å². The van der Waals surface area contributed by atoms with Gasteiger partial charge in [-0.2, -0.15) is 0 Å². The SMILES string of the molecule is CN=C(NCCCN(C(C)C)C(C)C)NCCN1CCN(c2ncccn2)CC1. The summed E-state index contributed by atoms with van der Waals surface area (Å²) in [5, 5.41) is 6.88. The second-order valence-electron chi connectivity index (χ2n) is 8.08. The van der Waals surface area contributed by atoms with Crippen molar-refractivity contribution >= 4 is 11.9 Å². The van der Waals surface area contributed by atoms with Crippen molar-refractivity contribution in [2.45, 2.75) is 46.2 Å². The maximum Gasteiger partial charge on any atom is 0.225 e. The van der Waals surface area contributed by atoms with Gasteiger partial charge in [-0.1, -0.05) is 0 Å². The van der Waals surface area contributed by atoms with Gasteiger partial charge in [-0.25, -0.2) is 9.97 Å². The van der Waals surface area contributed by atoms with Gasteiger partial charge in [0.2, 0.25) is 5.95 Å². The van der Waals surface area contributed by atoms with Crippen molar-refractivity contribution in [3.63, 3.8) is 0 Å². The van der Waals surface area contributed by atoms with E-state index < -0.39 is 0 Å². The summed E-state index contributed by atoms with van der Waals surface area (Å²) < 4.78 is 0. The largest absolute Gasteiger partial charge is 0.356 e. The van der Waals surface area contributed by atoms with Crippen LogP contribution in [0.15, 0.2) is 23.5 Å². The number of aliphatic imine (C=N–C) groups is 1. The van der Waals surface area contributed by atoms with E-state index >= 15 is 0 Å². The number of hydrogen-bond acceptors (Lipinski definition) is 6. The van der Waals surface area contributed by atoms with Crippen LogP contribution in [0.3, 0.4) is 0 Å². The van der Waals surface area contributed by atoms with Crippen LogP contribution >= 0.6 is 0 Å². The van der Waals surface area contributed by atoms with Crippen LogP contribution in [0.1, 0.15) is 34.1 Å². The molecule has 8 heteroatoms. The molecule has 8 nitrogen and oxygen atoms in total. The lowest BCUT2D eigenvalue weighted by Crippen LogP contribution is -2.49. The summed E-state index contributed by atoms with van der Waals surface area (Å²) in [6.07, 6.45) is 4.72. The van der Waals surface area contributed by atoms with Crippen LogP contribution in [-0.4, -0.2) is 97.2 Å². The van der Waals surface area contributed by atoms with Gasteiger partial charge in [-0.15, -0.1) is 0 Å². The molecule has 0 aromatic carbocycles. The van der Waals surface area contributed by atoms with Gasteiger partial charge in [0.15, 0.2) is 5.96 Å². The fraction of sp³-hybridized carbons (Fsp3) is 0.762. The summed E-state index contributed by atoms with van der Waals surface area (Å²) in [7, 11) is 1.84. The number of rotatable bonds is 10. The molecule has 1 aliphatic heterocycles. The van der Waals surface area contributed by atoms with Gasteiger partial charge in [-0.05, 0) is 40.2 Å². The van der Waals surface area contributed by atoms with E-state index in [-0.39, 0.29) is 0 Å². The first kappa shape index (κ1) is 23.3. The van der Waals surface area contributed by atoms with Gasteiger partial charge in [-0.3, -0.25) is 14.8 Å². The number of nitrogens with zero attached hydrogens (tertiary/aromatic N) is 6. The Morgan fingerprint density at radius 2 is 1.66 bits per heavy atom. The number of nitrogens with one attached hydrogen (secondary N) is 2. The summed E-state index contributed by atoms with van der Waals surface area (Å²) in [5.74, 6) is 1.73. The molecule has 2 heterocycles. The molecule has 0 spiro atoms. The predicted octanol–water partition coefficient (Wildman–Crippen LogP) is 1.27. The molecule has 1 aromatic heterocycles. The third-order valence-corrected chi connectivity index (χ3v) is 5.36. The highest BCUT2D eigenvalue weighted by Crippen LogP contribution is 2.09. The third kappa shape index (κ3) is 8.14. The Hall–Kier alpha value is -1.93. The first-order valence-corrected chi connectivity index (χ1v) is 11.0. The van der Waals surface area contributed by atoms with Crippen molar-refractivity contribution in [2.75, 3.05) is 64.3 Å². The van der Waals surface area contributed by atoms with Gasteiger partial charge in [0.25, 0.3) is 0 Å². The topological polar surface area (TPSA) is 71.9 Å². The normalized spacial score (nSPS) is 16.1. The molecule has 2 rings (SSSR count). The number of hydrogen-bond donors (Lipinski definition) is 2. The molecule has 0 unspecified atom stereocenters. The Morgan fingerprint density at radius 3 is 2.24 bits per heavy atom. The lowest BCUT2D eigenvalue weighted by atomic mass is 10.2. The Morgan fingerprint density at radius 1 is 1.03 bits per heavy atom. The zero-order valence-corrected chi connectivity index (χ0v) is 18.9. The van der Waals surface area contributed by atoms with Gasteiger partial charge < -0.3 is 15.5 Å². The fourth-order valence-corrected chi connectivity index (χ4v) is 3.76. The van der Waals surface area contributed by atoms with E-state index in [1.54, 1.807) is 12.4 Å². The first-order valence-electron chi connectivity index (χ1n) is 11.0. The molecule has 0 aliphatic carbocycles. The number of aromatic nitrogens is 2. The highest BCUT2D eigenvalue weighted by atomic mass is 15.3. The van der Waals surface area contributed by atoms with Crippen molar-refractivity contribution in [2.24, 2.45) is 4.99 Å². The molecule has 0 bridgehead atoms. The Balaban J connectivity index is 1.59. The molecule has 0 radical (unpaired) electrons. The monoisotopic (exact) mass is 404 g/mol. The predicted molar refractivity (Wildman–Crippen MR) is 122 cm³/mol. The van der Waals surface area contributed by atoms with E-state index in [4.69, 9.17) is 0 Å². The maximum absolute atomic E-state index is 4.35. The minimum Gasteiger partial charge on any atom is -0.356 e. The Kier molecular flexibility index (Phi) is 10.1. The summed E-state index contributed by atoms with van der Waals surface area (Å²) in [5.41, 5.74) is 0. The smallest absolute Gasteiger partial charge is 0.225 e. The van der Waals surface area contributed by atoms with Crippen LogP contribution in [0, 0.1) is 0 Å². The van der Waals surface area contributed by atoms with Gasteiger partial charge >= 0.3 is 0 Å². The lowest BCUT2D eigenvalue weighted by molar-refractivity contribution is 0.173. The summed E-state index contributed by atoms with van der Waals surface area (Å²) in [4.78, 5) is 20.3. The molecule has 29 heavy (non-hydrogen) atoms. The van der Waals surface area contributed by atoms with Crippen molar-refractivity contribution in [1.29, 1.82) is 0 Å². The van der Waals surface area contributed by atoms with Gasteiger partial charge in [0.1, 0.15) is 0 Å². The second kappa shape index (κ2) is 12.6. The minimum atomic E-state index is 0.585. The average Bonchev–Trinajstić information content (AvgIpc) is 2.72. The number of anilines is 1. The summed E-state index contributed by atoms with van der Waals surface area (Å²) >= 11 is 0. The minimum absolute atomic E-state index is 0.585. The van der Waals surface area contributed by atoms with Crippen LogP contribution in [0.2, 0.25) is 0 Å². The van der Waals surface area contributed by atoms with Crippen LogP contribution in [-0.2, 0) is 0 Å². The Labute approximate surface area is 176 Å². The van der Waals surface area contributed by atoms with Crippen molar-refractivity contribution < 1.29 is 0 Å². The molecular formula is C21H40N8. The highest BCUT2D eigenvalue weighted by molar-refractivity contribution is 5.79. The van der Waals surface area contributed by atoms with Crippen LogP contribution < -0.4 is 15.5 Å². The Bertz CT molecular complexity index is 574. The lowest BCUT2D eigenvalue weighted by Gasteiger charge is -2.34. The van der Waals surface area contributed by atoms with Gasteiger partial charge in [0, 0.05) is 83.9 Å². The summed E-state index contributed by atoms with van der Waals surface area (Å²) in [6, 6.07) is 3.03. The molecule has 164 valence electrons. The molecule has 0 atom stereocenters. The quantitative estimate of drug-likeness (QED) is 0.346. The molecule has 0 saturated carbocycles. The fourth-order valence-electron chi connectivity index (χ4n) is 3.76. The zero-order chi connectivity index (χ0) is 21.1. The zero-order valence-electron chi connectivity index (χ0n) is 18.9. The van der Waals surface area contributed by atoms with Gasteiger partial charge in [0.05, 0.1) is 0 Å². The average molecular weight is 405 g/mol. The van der Waals surface area contributed by atoms with Crippen molar-refractivity contribution in [3.05, 3.63) is 18.5 Å². The van der Waals surface area contributed by atoms with E-state index in [1.807, 2.05) is 13.1 Å². The summed E-state index contributed by atoms with van der Waals surface area (Å²) in [6.45, 7) is 17.0. The molecule has 1 fully saturated rings. The van der Waals surface area contributed by atoms with E-state index in [0.717, 1.165) is 70.7 Å². The molecular weight excluding hydrogens is 364 g/mol. The van der Waals surface area contributed by atoms with E-state index in [0.29, 0.717) is 12.1 Å². The van der Waals surface area contributed by atoms with E-state index in [1.165, 1.54) is 0 Å². The number of guanidine groups is 1. The standard InChI is InChI=1S/C21H40N8/c1-18(2)29(19(3)4)12-7-10-23-20(22-5)24-11-13-27-14-16-28(17-15-27)21-25-8-6-9-26-21/h6,8-9,18-19H,7,10-17H2,1-5H3,(H2,22,23,24). The van der Waals surface area contributed by atoms with Crippen LogP contribution in [0.25, 0.3) is 0 Å². The third-order valence-electron chi connectivity index (χ3n) is 5.36. The molecule has 1 aromatic rings.